The Hall–Kier alpha value is -2.65. The summed E-state index contributed by atoms with van der Waals surface area (Å²) in [4.78, 5) is 10.7. The van der Waals surface area contributed by atoms with Gasteiger partial charge in [0, 0.05) is 25.8 Å². The Bertz CT molecular complexity index is 887. The fourth-order valence-electron chi connectivity index (χ4n) is 2.71. The minimum Gasteiger partial charge on any atom is -0.383 e. The van der Waals surface area contributed by atoms with E-state index in [0.29, 0.717) is 12.3 Å². The molecule has 0 aliphatic carbocycles. The second-order valence-corrected chi connectivity index (χ2v) is 7.80. The minimum absolute atomic E-state index is 0.134. The number of rotatable bonds is 9. The first kappa shape index (κ1) is 20.7. The van der Waals surface area contributed by atoms with Gasteiger partial charge < -0.3 is 10.1 Å². The third-order valence-electron chi connectivity index (χ3n) is 3.90. The standard InChI is InChI=1S/C18H23N3O5S/c1-4-20(15-8-6-5-7-9-15)27(24,25)16-10-11-17(18(12-16)21(22)23)19-14(2)13-26-3/h5-12,14,19H,4,13H2,1-3H3. The van der Waals surface area contributed by atoms with Gasteiger partial charge in [0.05, 0.1) is 22.1 Å². The van der Waals surface area contributed by atoms with E-state index in [9.17, 15) is 18.5 Å². The minimum atomic E-state index is -3.94. The average Bonchev–Trinajstić information content (AvgIpc) is 2.63. The molecule has 8 nitrogen and oxygen atoms in total. The summed E-state index contributed by atoms with van der Waals surface area (Å²) in [5.74, 6) is 0. The first-order chi connectivity index (χ1) is 12.8. The first-order valence-corrected chi connectivity index (χ1v) is 9.87. The lowest BCUT2D eigenvalue weighted by Crippen LogP contribution is -2.30. The molecule has 146 valence electrons. The van der Waals surface area contributed by atoms with Gasteiger partial charge in [0.15, 0.2) is 0 Å². The van der Waals surface area contributed by atoms with Gasteiger partial charge in [-0.05, 0) is 38.1 Å². The van der Waals surface area contributed by atoms with E-state index in [1.165, 1.54) is 23.5 Å². The van der Waals surface area contributed by atoms with Crippen LogP contribution in [0.1, 0.15) is 13.8 Å². The fraction of sp³-hybridized carbons (Fsp3) is 0.333. The van der Waals surface area contributed by atoms with Crippen molar-refractivity contribution in [2.45, 2.75) is 24.8 Å². The summed E-state index contributed by atoms with van der Waals surface area (Å²) in [6.45, 7) is 4.08. The highest BCUT2D eigenvalue weighted by Gasteiger charge is 2.27. The number of nitrogens with zero attached hydrogens (tertiary/aromatic N) is 2. The lowest BCUT2D eigenvalue weighted by Gasteiger charge is -2.23. The van der Waals surface area contributed by atoms with Gasteiger partial charge in [0.2, 0.25) is 0 Å². The largest absolute Gasteiger partial charge is 0.383 e. The summed E-state index contributed by atoms with van der Waals surface area (Å²) in [6.07, 6.45) is 0. The van der Waals surface area contributed by atoms with Gasteiger partial charge in [-0.1, -0.05) is 18.2 Å². The molecule has 0 amide bonds. The summed E-state index contributed by atoms with van der Waals surface area (Å²) < 4.78 is 32.3. The van der Waals surface area contributed by atoms with E-state index in [2.05, 4.69) is 5.32 Å². The smallest absolute Gasteiger partial charge is 0.293 e. The van der Waals surface area contributed by atoms with Crippen LogP contribution in [0.25, 0.3) is 0 Å². The van der Waals surface area contributed by atoms with E-state index in [4.69, 9.17) is 4.74 Å². The van der Waals surface area contributed by atoms with Gasteiger partial charge in [-0.25, -0.2) is 8.42 Å². The third-order valence-corrected chi connectivity index (χ3v) is 5.80. The zero-order valence-electron chi connectivity index (χ0n) is 15.5. The SMILES string of the molecule is CCN(c1ccccc1)S(=O)(=O)c1ccc(NC(C)COC)c([N+](=O)[O-])c1. The molecule has 1 atom stereocenters. The van der Waals surface area contributed by atoms with Crippen molar-refractivity contribution in [2.75, 3.05) is 29.9 Å². The van der Waals surface area contributed by atoms with Gasteiger partial charge >= 0.3 is 0 Å². The molecule has 2 aromatic rings. The molecule has 0 saturated heterocycles. The molecule has 2 aromatic carbocycles. The molecule has 0 aliphatic rings. The van der Waals surface area contributed by atoms with Crippen molar-refractivity contribution < 1.29 is 18.1 Å². The molecule has 27 heavy (non-hydrogen) atoms. The summed E-state index contributed by atoms with van der Waals surface area (Å²) >= 11 is 0. The number of nitro benzene ring substituents is 1. The molecule has 0 bridgehead atoms. The number of nitro groups is 1. The van der Waals surface area contributed by atoms with Gasteiger partial charge in [0.1, 0.15) is 5.69 Å². The highest BCUT2D eigenvalue weighted by atomic mass is 32.2. The Balaban J connectivity index is 2.45. The van der Waals surface area contributed by atoms with Crippen molar-refractivity contribution >= 4 is 27.1 Å². The zero-order valence-corrected chi connectivity index (χ0v) is 16.3. The van der Waals surface area contributed by atoms with E-state index in [1.54, 1.807) is 37.3 Å². The Labute approximate surface area is 159 Å². The maximum Gasteiger partial charge on any atom is 0.293 e. The topological polar surface area (TPSA) is 102 Å². The number of ether oxygens (including phenoxy) is 1. The first-order valence-electron chi connectivity index (χ1n) is 8.43. The molecule has 0 fully saturated rings. The maximum absolute atomic E-state index is 13.0. The van der Waals surface area contributed by atoms with Crippen LogP contribution in [-0.4, -0.2) is 39.6 Å². The van der Waals surface area contributed by atoms with Crippen molar-refractivity contribution in [3.8, 4) is 0 Å². The number of hydrogen-bond donors (Lipinski definition) is 1. The Morgan fingerprint density at radius 1 is 1.22 bits per heavy atom. The van der Waals surface area contributed by atoms with Crippen LogP contribution in [-0.2, 0) is 14.8 Å². The van der Waals surface area contributed by atoms with Gasteiger partial charge in [0.25, 0.3) is 15.7 Å². The van der Waals surface area contributed by atoms with E-state index in [1.807, 2.05) is 6.92 Å². The highest BCUT2D eigenvalue weighted by molar-refractivity contribution is 7.92. The summed E-state index contributed by atoms with van der Waals surface area (Å²) in [5, 5.41) is 14.4. The fourth-order valence-corrected chi connectivity index (χ4v) is 4.21. The second kappa shape index (κ2) is 8.83. The third kappa shape index (κ3) is 4.75. The van der Waals surface area contributed by atoms with Crippen LogP contribution in [0.3, 0.4) is 0 Å². The maximum atomic E-state index is 13.0. The van der Waals surface area contributed by atoms with Crippen LogP contribution in [0.2, 0.25) is 0 Å². The number of hydrogen-bond acceptors (Lipinski definition) is 6. The monoisotopic (exact) mass is 393 g/mol. The molecule has 0 aromatic heterocycles. The molecule has 0 heterocycles. The highest BCUT2D eigenvalue weighted by Crippen LogP contribution is 2.31. The number of benzene rings is 2. The van der Waals surface area contributed by atoms with Gasteiger partial charge in [-0.3, -0.25) is 14.4 Å². The van der Waals surface area contributed by atoms with Crippen LogP contribution in [0.4, 0.5) is 17.1 Å². The van der Waals surface area contributed by atoms with Crippen LogP contribution < -0.4 is 9.62 Å². The van der Waals surface area contributed by atoms with Gasteiger partial charge in [-0.2, -0.15) is 0 Å². The van der Waals surface area contributed by atoms with Crippen molar-refractivity contribution in [3.05, 3.63) is 58.6 Å². The number of nitrogens with one attached hydrogen (secondary N) is 1. The predicted molar refractivity (Wildman–Crippen MR) is 105 cm³/mol. The van der Waals surface area contributed by atoms with Gasteiger partial charge in [-0.15, -0.1) is 0 Å². The van der Waals surface area contributed by atoms with Crippen LogP contribution in [0, 0.1) is 10.1 Å². The molecular weight excluding hydrogens is 370 g/mol. The Kier molecular flexibility index (Phi) is 6.75. The number of anilines is 2. The van der Waals surface area contributed by atoms with E-state index >= 15 is 0 Å². The van der Waals surface area contributed by atoms with Crippen molar-refractivity contribution in [3.63, 3.8) is 0 Å². The van der Waals surface area contributed by atoms with Crippen LogP contribution >= 0.6 is 0 Å². The number of sulfonamides is 1. The number of para-hydroxylation sites is 1. The van der Waals surface area contributed by atoms with Crippen LogP contribution in [0.5, 0.6) is 0 Å². The Morgan fingerprint density at radius 2 is 1.89 bits per heavy atom. The van der Waals surface area contributed by atoms with Crippen molar-refractivity contribution in [1.82, 2.24) is 0 Å². The second-order valence-electron chi connectivity index (χ2n) is 5.94. The Morgan fingerprint density at radius 3 is 2.44 bits per heavy atom. The molecule has 0 spiro atoms. The van der Waals surface area contributed by atoms with E-state index in [0.717, 1.165) is 6.07 Å². The predicted octanol–water partition coefficient (Wildman–Crippen LogP) is 3.26. The summed E-state index contributed by atoms with van der Waals surface area (Å²) in [7, 11) is -2.41. The number of methoxy groups -OCH3 is 1. The normalized spacial score (nSPS) is 12.4. The van der Waals surface area contributed by atoms with Crippen LogP contribution in [0.15, 0.2) is 53.4 Å². The quantitative estimate of drug-likeness (QED) is 0.518. The molecule has 1 N–H and O–H groups in total. The zero-order chi connectivity index (χ0) is 20.0. The van der Waals surface area contributed by atoms with Crippen molar-refractivity contribution in [2.24, 2.45) is 0 Å². The average molecular weight is 393 g/mol. The van der Waals surface area contributed by atoms with E-state index < -0.39 is 14.9 Å². The van der Waals surface area contributed by atoms with Crippen molar-refractivity contribution in [1.29, 1.82) is 0 Å². The summed E-state index contributed by atoms with van der Waals surface area (Å²) in [5.41, 5.74) is 0.438. The lowest BCUT2D eigenvalue weighted by molar-refractivity contribution is -0.384. The molecule has 0 saturated carbocycles. The molecule has 0 aliphatic heterocycles. The molecule has 9 heteroatoms. The molecule has 0 radical (unpaired) electrons. The molecular formula is C18H23N3O5S. The summed E-state index contributed by atoms with van der Waals surface area (Å²) in [6, 6.07) is 12.3. The molecule has 1 unspecified atom stereocenters. The lowest BCUT2D eigenvalue weighted by atomic mass is 10.2. The molecule has 2 rings (SSSR count). The van der Waals surface area contributed by atoms with E-state index in [-0.39, 0.29) is 28.9 Å².